The van der Waals surface area contributed by atoms with Crippen LogP contribution in [-0.2, 0) is 0 Å². The molecule has 1 N–H and O–H groups in total. The maximum absolute atomic E-state index is 12.2. The van der Waals surface area contributed by atoms with Gasteiger partial charge in [0.25, 0.3) is 5.91 Å². The van der Waals surface area contributed by atoms with E-state index in [0.717, 1.165) is 0 Å². The number of halogens is 1. The van der Waals surface area contributed by atoms with Crippen molar-refractivity contribution in [2.45, 2.75) is 12.5 Å². The summed E-state index contributed by atoms with van der Waals surface area (Å²) >= 11 is 5.92. The summed E-state index contributed by atoms with van der Waals surface area (Å²) in [6.45, 7) is 0.966. The second kappa shape index (κ2) is 5.12. The Labute approximate surface area is 111 Å². The van der Waals surface area contributed by atoms with Gasteiger partial charge in [0.2, 0.25) is 0 Å². The molecule has 18 heavy (non-hydrogen) atoms. The molecule has 0 bridgehead atoms. The minimum Gasteiger partial charge on any atom is -0.391 e. The van der Waals surface area contributed by atoms with Gasteiger partial charge in [0, 0.05) is 32.7 Å². The van der Waals surface area contributed by atoms with Gasteiger partial charge in [-0.1, -0.05) is 11.6 Å². The van der Waals surface area contributed by atoms with E-state index in [-0.39, 0.29) is 5.91 Å². The Kier molecular flexibility index (Phi) is 3.73. The SMILES string of the molecule is CN(C)c1cc(C(=O)N2CC[C@@H](O)C2)cc(Cl)n1. The summed E-state index contributed by atoms with van der Waals surface area (Å²) in [6.07, 6.45) is 0.213. The van der Waals surface area contributed by atoms with Gasteiger partial charge in [0.05, 0.1) is 6.10 Å². The average molecular weight is 270 g/mol. The number of hydrogen-bond donors (Lipinski definition) is 1. The van der Waals surface area contributed by atoms with E-state index >= 15 is 0 Å². The fourth-order valence-electron chi connectivity index (χ4n) is 1.94. The molecule has 5 nitrogen and oxygen atoms in total. The van der Waals surface area contributed by atoms with Gasteiger partial charge in [-0.2, -0.15) is 0 Å². The van der Waals surface area contributed by atoms with Crippen LogP contribution in [0.2, 0.25) is 5.15 Å². The van der Waals surface area contributed by atoms with Crippen LogP contribution in [0.1, 0.15) is 16.8 Å². The van der Waals surface area contributed by atoms with Crippen LogP contribution in [0.25, 0.3) is 0 Å². The number of hydrogen-bond acceptors (Lipinski definition) is 4. The van der Waals surface area contributed by atoms with Crippen LogP contribution in [0.5, 0.6) is 0 Å². The molecule has 0 aliphatic carbocycles. The lowest BCUT2D eigenvalue weighted by Crippen LogP contribution is -2.29. The van der Waals surface area contributed by atoms with Crippen LogP contribution in [0.15, 0.2) is 12.1 Å². The van der Waals surface area contributed by atoms with Crippen molar-refractivity contribution in [1.82, 2.24) is 9.88 Å². The van der Waals surface area contributed by atoms with Crippen molar-refractivity contribution in [3.8, 4) is 0 Å². The number of anilines is 1. The molecule has 1 aromatic rings. The molecule has 2 heterocycles. The third kappa shape index (κ3) is 2.73. The Balaban J connectivity index is 2.24. The number of likely N-dealkylation sites (tertiary alicyclic amines) is 1. The van der Waals surface area contributed by atoms with E-state index in [1.807, 2.05) is 14.1 Å². The second-order valence-electron chi connectivity index (χ2n) is 4.62. The monoisotopic (exact) mass is 269 g/mol. The predicted molar refractivity (Wildman–Crippen MR) is 70.1 cm³/mol. The first-order chi connectivity index (χ1) is 8.47. The average Bonchev–Trinajstić information content (AvgIpc) is 2.74. The van der Waals surface area contributed by atoms with E-state index in [4.69, 9.17) is 11.6 Å². The van der Waals surface area contributed by atoms with Crippen LogP contribution in [0, 0.1) is 0 Å². The molecule has 1 aromatic heterocycles. The van der Waals surface area contributed by atoms with Crippen LogP contribution >= 0.6 is 11.6 Å². The predicted octanol–water partition coefficient (Wildman–Crippen LogP) is 1.01. The zero-order valence-electron chi connectivity index (χ0n) is 10.4. The van der Waals surface area contributed by atoms with Gasteiger partial charge in [-0.15, -0.1) is 0 Å². The standard InChI is InChI=1S/C12H16ClN3O2/c1-15(2)11-6-8(5-10(13)14-11)12(18)16-4-3-9(17)7-16/h5-6,9,17H,3-4,7H2,1-2H3/t9-/m1/s1. The van der Waals surface area contributed by atoms with Gasteiger partial charge in [-0.3, -0.25) is 4.79 Å². The number of aliphatic hydroxyl groups excluding tert-OH is 1. The van der Waals surface area contributed by atoms with Gasteiger partial charge in [0.1, 0.15) is 11.0 Å². The molecule has 0 saturated carbocycles. The number of β-amino-alcohol motifs (C(OH)–C–C–N with tert-alkyl or cyclic N) is 1. The highest BCUT2D eigenvalue weighted by atomic mass is 35.5. The zero-order valence-corrected chi connectivity index (χ0v) is 11.2. The fourth-order valence-corrected chi connectivity index (χ4v) is 2.15. The maximum Gasteiger partial charge on any atom is 0.254 e. The third-order valence-electron chi connectivity index (χ3n) is 2.94. The first-order valence-corrected chi connectivity index (χ1v) is 6.17. The fraction of sp³-hybridized carbons (Fsp3) is 0.500. The molecule has 0 radical (unpaired) electrons. The van der Waals surface area contributed by atoms with Gasteiger partial charge in [-0.25, -0.2) is 4.98 Å². The smallest absolute Gasteiger partial charge is 0.254 e. The van der Waals surface area contributed by atoms with E-state index < -0.39 is 6.10 Å². The summed E-state index contributed by atoms with van der Waals surface area (Å²) < 4.78 is 0. The minimum atomic E-state index is -0.417. The minimum absolute atomic E-state index is 0.112. The number of pyridine rings is 1. The zero-order chi connectivity index (χ0) is 13.3. The highest BCUT2D eigenvalue weighted by Crippen LogP contribution is 2.20. The Morgan fingerprint density at radius 3 is 2.83 bits per heavy atom. The van der Waals surface area contributed by atoms with Crippen molar-refractivity contribution < 1.29 is 9.90 Å². The quantitative estimate of drug-likeness (QED) is 0.814. The van der Waals surface area contributed by atoms with Crippen LogP contribution in [0.4, 0.5) is 5.82 Å². The van der Waals surface area contributed by atoms with Gasteiger partial charge < -0.3 is 14.9 Å². The molecular formula is C12H16ClN3O2. The lowest BCUT2D eigenvalue weighted by Gasteiger charge is -2.17. The molecule has 1 atom stereocenters. The number of carbonyl (C=O) groups excluding carboxylic acids is 1. The van der Waals surface area contributed by atoms with Crippen LogP contribution in [0.3, 0.4) is 0 Å². The Hall–Kier alpha value is -1.33. The largest absolute Gasteiger partial charge is 0.391 e. The lowest BCUT2D eigenvalue weighted by molar-refractivity contribution is 0.0765. The van der Waals surface area contributed by atoms with Crippen molar-refractivity contribution in [1.29, 1.82) is 0 Å². The second-order valence-corrected chi connectivity index (χ2v) is 5.01. The van der Waals surface area contributed by atoms with Crippen molar-refractivity contribution in [2.24, 2.45) is 0 Å². The Morgan fingerprint density at radius 2 is 2.28 bits per heavy atom. The summed E-state index contributed by atoms with van der Waals surface area (Å²) in [6, 6.07) is 3.26. The molecule has 2 rings (SSSR count). The van der Waals surface area contributed by atoms with Crippen LogP contribution < -0.4 is 4.90 Å². The molecule has 0 spiro atoms. The summed E-state index contributed by atoms with van der Waals surface area (Å²) in [5.41, 5.74) is 0.507. The van der Waals surface area contributed by atoms with Gasteiger partial charge in [0.15, 0.2) is 0 Å². The highest BCUT2D eigenvalue weighted by Gasteiger charge is 2.26. The van der Waals surface area contributed by atoms with Gasteiger partial charge >= 0.3 is 0 Å². The summed E-state index contributed by atoms with van der Waals surface area (Å²) in [5.74, 6) is 0.532. The maximum atomic E-state index is 12.2. The Bertz CT molecular complexity index is 465. The van der Waals surface area contributed by atoms with E-state index in [0.29, 0.717) is 36.0 Å². The van der Waals surface area contributed by atoms with Crippen molar-refractivity contribution in [3.63, 3.8) is 0 Å². The molecule has 1 amide bonds. The first-order valence-electron chi connectivity index (χ1n) is 5.79. The van der Waals surface area contributed by atoms with Crippen molar-refractivity contribution >= 4 is 23.3 Å². The molecule has 1 aliphatic heterocycles. The van der Waals surface area contributed by atoms with Crippen molar-refractivity contribution in [3.05, 3.63) is 22.8 Å². The number of aromatic nitrogens is 1. The number of amides is 1. The topological polar surface area (TPSA) is 56.7 Å². The number of rotatable bonds is 2. The van der Waals surface area contributed by atoms with E-state index in [1.54, 1.807) is 21.9 Å². The lowest BCUT2D eigenvalue weighted by atomic mass is 10.2. The molecule has 0 aromatic carbocycles. The number of aliphatic hydroxyl groups is 1. The van der Waals surface area contributed by atoms with E-state index in [1.165, 1.54) is 0 Å². The molecular weight excluding hydrogens is 254 g/mol. The normalized spacial score (nSPS) is 19.1. The molecule has 1 aliphatic rings. The first kappa shape index (κ1) is 13.1. The number of nitrogens with zero attached hydrogens (tertiary/aromatic N) is 3. The van der Waals surface area contributed by atoms with Crippen molar-refractivity contribution in [2.75, 3.05) is 32.1 Å². The summed E-state index contributed by atoms with van der Waals surface area (Å²) in [4.78, 5) is 19.8. The molecule has 0 unspecified atom stereocenters. The summed E-state index contributed by atoms with van der Waals surface area (Å²) in [5, 5.41) is 9.75. The van der Waals surface area contributed by atoms with Crippen LogP contribution in [-0.4, -0.2) is 54.2 Å². The Morgan fingerprint density at radius 1 is 1.56 bits per heavy atom. The number of carbonyl (C=O) groups is 1. The van der Waals surface area contributed by atoms with E-state index in [2.05, 4.69) is 4.98 Å². The third-order valence-corrected chi connectivity index (χ3v) is 3.13. The molecule has 6 heteroatoms. The molecule has 98 valence electrons. The van der Waals surface area contributed by atoms with Gasteiger partial charge in [-0.05, 0) is 18.6 Å². The molecule has 1 fully saturated rings. The van der Waals surface area contributed by atoms with E-state index in [9.17, 15) is 9.90 Å². The highest BCUT2D eigenvalue weighted by molar-refractivity contribution is 6.29. The molecule has 1 saturated heterocycles. The summed E-state index contributed by atoms with van der Waals surface area (Å²) in [7, 11) is 3.68.